The van der Waals surface area contributed by atoms with E-state index in [2.05, 4.69) is 10.2 Å². The molecular formula is C16H27N3O2. The lowest BCUT2D eigenvalue weighted by atomic mass is 10.2. The third kappa shape index (κ3) is 6.14. The monoisotopic (exact) mass is 293 g/mol. The number of nitrogens with one attached hydrogen (secondary N) is 1. The number of methoxy groups -OCH3 is 1. The van der Waals surface area contributed by atoms with Gasteiger partial charge in [-0.3, -0.25) is 4.79 Å². The second-order valence-corrected chi connectivity index (χ2v) is 4.98. The summed E-state index contributed by atoms with van der Waals surface area (Å²) in [5, 5.41) is 2.95. The van der Waals surface area contributed by atoms with Crippen molar-refractivity contribution in [2.75, 3.05) is 38.3 Å². The largest absolute Gasteiger partial charge is 0.385 e. The van der Waals surface area contributed by atoms with E-state index in [1.165, 1.54) is 0 Å². The van der Waals surface area contributed by atoms with Gasteiger partial charge in [-0.25, -0.2) is 0 Å². The average molecular weight is 293 g/mol. The van der Waals surface area contributed by atoms with Crippen LogP contribution in [0.4, 0.5) is 5.69 Å². The molecule has 21 heavy (non-hydrogen) atoms. The number of para-hydroxylation sites is 1. The summed E-state index contributed by atoms with van der Waals surface area (Å²) in [5.41, 5.74) is 6.65. The van der Waals surface area contributed by atoms with Crippen molar-refractivity contribution >= 4 is 11.6 Å². The predicted octanol–water partition coefficient (Wildman–Crippen LogP) is 1.38. The smallest absolute Gasteiger partial charge is 0.242 e. The molecule has 1 aromatic rings. The van der Waals surface area contributed by atoms with Crippen LogP contribution < -0.4 is 16.0 Å². The molecule has 0 aliphatic heterocycles. The van der Waals surface area contributed by atoms with Crippen LogP contribution in [-0.4, -0.2) is 45.3 Å². The van der Waals surface area contributed by atoms with Crippen LogP contribution in [0, 0.1) is 0 Å². The lowest BCUT2D eigenvalue weighted by molar-refractivity contribution is -0.122. The number of ether oxygens (including phenoxy) is 1. The quantitative estimate of drug-likeness (QED) is 0.640. The van der Waals surface area contributed by atoms with Crippen LogP contribution in [0.2, 0.25) is 0 Å². The van der Waals surface area contributed by atoms with Crippen molar-refractivity contribution in [2.24, 2.45) is 5.73 Å². The summed E-state index contributed by atoms with van der Waals surface area (Å²) in [4.78, 5) is 14.4. The van der Waals surface area contributed by atoms with E-state index in [0.29, 0.717) is 19.7 Å². The molecule has 1 amide bonds. The molecule has 0 saturated carbocycles. The molecule has 0 spiro atoms. The molecule has 5 heteroatoms. The van der Waals surface area contributed by atoms with E-state index in [0.717, 1.165) is 25.1 Å². The number of amides is 1. The Balaban J connectivity index is 2.62. The predicted molar refractivity (Wildman–Crippen MR) is 86.4 cm³/mol. The van der Waals surface area contributed by atoms with E-state index >= 15 is 0 Å². The lowest BCUT2D eigenvalue weighted by Gasteiger charge is -2.30. The molecule has 0 saturated heterocycles. The van der Waals surface area contributed by atoms with Crippen molar-refractivity contribution < 1.29 is 9.53 Å². The Morgan fingerprint density at radius 3 is 2.67 bits per heavy atom. The fourth-order valence-electron chi connectivity index (χ4n) is 2.14. The minimum Gasteiger partial charge on any atom is -0.385 e. The Hall–Kier alpha value is -1.59. The summed E-state index contributed by atoms with van der Waals surface area (Å²) in [6.07, 6.45) is 1.68. The standard InChI is InChI=1S/C16H27N3O2/c1-14(16(20)18-11-7-13-21-2)19(12-6-10-17)15-8-4-3-5-9-15/h3-5,8-9,14H,6-7,10-13,17H2,1-2H3,(H,18,20). The second-order valence-electron chi connectivity index (χ2n) is 4.98. The molecular weight excluding hydrogens is 266 g/mol. The highest BCUT2D eigenvalue weighted by Crippen LogP contribution is 2.16. The van der Waals surface area contributed by atoms with Crippen LogP contribution in [0.3, 0.4) is 0 Å². The first-order chi connectivity index (χ1) is 10.2. The Kier molecular flexibility index (Phi) is 8.47. The summed E-state index contributed by atoms with van der Waals surface area (Å²) in [7, 11) is 1.66. The SMILES string of the molecule is COCCCNC(=O)C(C)N(CCCN)c1ccccc1. The van der Waals surface area contributed by atoms with Crippen molar-refractivity contribution in [2.45, 2.75) is 25.8 Å². The van der Waals surface area contributed by atoms with E-state index in [-0.39, 0.29) is 11.9 Å². The number of hydrogen-bond acceptors (Lipinski definition) is 4. The van der Waals surface area contributed by atoms with Gasteiger partial charge < -0.3 is 20.7 Å². The van der Waals surface area contributed by atoms with E-state index < -0.39 is 0 Å². The lowest BCUT2D eigenvalue weighted by Crippen LogP contribution is -2.46. The van der Waals surface area contributed by atoms with Crippen molar-refractivity contribution in [3.05, 3.63) is 30.3 Å². The van der Waals surface area contributed by atoms with E-state index in [1.807, 2.05) is 37.3 Å². The number of hydrogen-bond donors (Lipinski definition) is 2. The molecule has 1 atom stereocenters. The zero-order valence-corrected chi connectivity index (χ0v) is 13.0. The Labute approximate surface area is 127 Å². The molecule has 0 bridgehead atoms. The van der Waals surface area contributed by atoms with Crippen molar-refractivity contribution in [1.82, 2.24) is 5.32 Å². The minimum atomic E-state index is -0.221. The summed E-state index contributed by atoms with van der Waals surface area (Å²) in [6, 6.07) is 9.75. The maximum absolute atomic E-state index is 12.3. The normalized spacial score (nSPS) is 12.0. The average Bonchev–Trinajstić information content (AvgIpc) is 2.52. The maximum Gasteiger partial charge on any atom is 0.242 e. The first-order valence-electron chi connectivity index (χ1n) is 7.49. The molecule has 1 aromatic carbocycles. The third-order valence-electron chi connectivity index (χ3n) is 3.36. The van der Waals surface area contributed by atoms with Gasteiger partial charge in [-0.05, 0) is 38.4 Å². The second kappa shape index (κ2) is 10.2. The molecule has 1 unspecified atom stereocenters. The van der Waals surface area contributed by atoms with Crippen LogP contribution in [0.15, 0.2) is 30.3 Å². The molecule has 118 valence electrons. The molecule has 0 aliphatic rings. The van der Waals surface area contributed by atoms with Gasteiger partial charge in [0.15, 0.2) is 0 Å². The number of nitrogens with zero attached hydrogens (tertiary/aromatic N) is 1. The van der Waals surface area contributed by atoms with Crippen LogP contribution in [0.25, 0.3) is 0 Å². The van der Waals surface area contributed by atoms with Gasteiger partial charge >= 0.3 is 0 Å². The first kappa shape index (κ1) is 17.5. The van der Waals surface area contributed by atoms with Crippen LogP contribution >= 0.6 is 0 Å². The highest BCUT2D eigenvalue weighted by Gasteiger charge is 2.20. The zero-order valence-electron chi connectivity index (χ0n) is 13.0. The minimum absolute atomic E-state index is 0.0342. The fraction of sp³-hybridized carbons (Fsp3) is 0.562. The van der Waals surface area contributed by atoms with E-state index in [4.69, 9.17) is 10.5 Å². The Morgan fingerprint density at radius 1 is 1.33 bits per heavy atom. The van der Waals surface area contributed by atoms with Crippen molar-refractivity contribution in [3.8, 4) is 0 Å². The van der Waals surface area contributed by atoms with Gasteiger partial charge in [0.2, 0.25) is 5.91 Å². The maximum atomic E-state index is 12.3. The van der Waals surface area contributed by atoms with Gasteiger partial charge in [-0.1, -0.05) is 18.2 Å². The Bertz CT molecular complexity index is 398. The number of carbonyl (C=O) groups is 1. The first-order valence-corrected chi connectivity index (χ1v) is 7.49. The summed E-state index contributed by atoms with van der Waals surface area (Å²) >= 11 is 0. The zero-order chi connectivity index (χ0) is 15.5. The van der Waals surface area contributed by atoms with E-state index in [9.17, 15) is 4.79 Å². The van der Waals surface area contributed by atoms with Gasteiger partial charge in [-0.2, -0.15) is 0 Å². The number of anilines is 1. The summed E-state index contributed by atoms with van der Waals surface area (Å²) in [5.74, 6) is 0.0342. The molecule has 0 fully saturated rings. The molecule has 3 N–H and O–H groups in total. The van der Waals surface area contributed by atoms with E-state index in [1.54, 1.807) is 7.11 Å². The number of carbonyl (C=O) groups excluding carboxylic acids is 1. The van der Waals surface area contributed by atoms with Gasteiger partial charge in [0.05, 0.1) is 0 Å². The van der Waals surface area contributed by atoms with Crippen LogP contribution in [0.5, 0.6) is 0 Å². The van der Waals surface area contributed by atoms with Gasteiger partial charge in [0, 0.05) is 32.5 Å². The summed E-state index contributed by atoms with van der Waals surface area (Å²) in [6.45, 7) is 4.61. The highest BCUT2D eigenvalue weighted by atomic mass is 16.5. The van der Waals surface area contributed by atoms with Gasteiger partial charge in [0.1, 0.15) is 6.04 Å². The number of nitrogens with two attached hydrogens (primary N) is 1. The molecule has 0 heterocycles. The molecule has 0 aliphatic carbocycles. The fourth-order valence-corrected chi connectivity index (χ4v) is 2.14. The molecule has 0 aromatic heterocycles. The van der Waals surface area contributed by atoms with Crippen LogP contribution in [-0.2, 0) is 9.53 Å². The Morgan fingerprint density at radius 2 is 2.05 bits per heavy atom. The highest BCUT2D eigenvalue weighted by molar-refractivity contribution is 5.84. The number of rotatable bonds is 10. The summed E-state index contributed by atoms with van der Waals surface area (Å²) < 4.78 is 4.98. The van der Waals surface area contributed by atoms with Gasteiger partial charge in [0.25, 0.3) is 0 Å². The molecule has 1 rings (SSSR count). The molecule has 5 nitrogen and oxygen atoms in total. The number of benzene rings is 1. The molecule has 0 radical (unpaired) electrons. The van der Waals surface area contributed by atoms with Crippen LogP contribution in [0.1, 0.15) is 19.8 Å². The van der Waals surface area contributed by atoms with Crippen molar-refractivity contribution in [3.63, 3.8) is 0 Å². The van der Waals surface area contributed by atoms with Gasteiger partial charge in [-0.15, -0.1) is 0 Å². The third-order valence-corrected chi connectivity index (χ3v) is 3.36. The topological polar surface area (TPSA) is 67.6 Å². The van der Waals surface area contributed by atoms with Crippen molar-refractivity contribution in [1.29, 1.82) is 0 Å².